The van der Waals surface area contributed by atoms with Gasteiger partial charge in [-0.1, -0.05) is 31.5 Å². The van der Waals surface area contributed by atoms with Crippen LogP contribution in [0.5, 0.6) is 0 Å². The van der Waals surface area contributed by atoms with Gasteiger partial charge in [-0.3, -0.25) is 0 Å². The first kappa shape index (κ1) is 15.2. The van der Waals surface area contributed by atoms with Crippen molar-refractivity contribution in [3.05, 3.63) is 34.9 Å². The smallest absolute Gasteiger partial charge is 0.0587 e. The Morgan fingerprint density at radius 2 is 1.89 bits per heavy atom. The van der Waals surface area contributed by atoms with Crippen LogP contribution in [-0.2, 0) is 11.2 Å². The van der Waals surface area contributed by atoms with Gasteiger partial charge < -0.3 is 10.1 Å². The molecule has 2 nitrogen and oxygen atoms in total. The first-order valence-corrected chi connectivity index (χ1v) is 6.93. The average molecular weight is 249 g/mol. The molecule has 0 radical (unpaired) electrons. The second-order valence-electron chi connectivity index (χ2n) is 5.05. The molecule has 0 aliphatic rings. The van der Waals surface area contributed by atoms with E-state index in [0.29, 0.717) is 5.92 Å². The standard InChI is InChI=1S/C16H27NO/c1-5-15(12-17-9-10-18-4)11-16-13(2)7-6-8-14(16)3/h6-8,15,17H,5,9-12H2,1-4H3. The van der Waals surface area contributed by atoms with Crippen LogP contribution in [0, 0.1) is 19.8 Å². The second-order valence-corrected chi connectivity index (χ2v) is 5.05. The molecular weight excluding hydrogens is 222 g/mol. The van der Waals surface area contributed by atoms with E-state index in [1.807, 2.05) is 0 Å². The Kier molecular flexibility index (Phi) is 6.99. The van der Waals surface area contributed by atoms with E-state index in [-0.39, 0.29) is 0 Å². The van der Waals surface area contributed by atoms with Crippen LogP contribution < -0.4 is 5.32 Å². The molecule has 0 aliphatic heterocycles. The van der Waals surface area contributed by atoms with Gasteiger partial charge in [-0.05, 0) is 49.4 Å². The lowest BCUT2D eigenvalue weighted by Gasteiger charge is -2.18. The monoisotopic (exact) mass is 249 g/mol. The Bertz CT molecular complexity index is 329. The highest BCUT2D eigenvalue weighted by molar-refractivity contribution is 5.33. The minimum absolute atomic E-state index is 0.710. The minimum atomic E-state index is 0.710. The zero-order valence-corrected chi connectivity index (χ0v) is 12.3. The molecule has 1 atom stereocenters. The van der Waals surface area contributed by atoms with E-state index in [1.165, 1.54) is 29.5 Å². The molecule has 1 aromatic carbocycles. The topological polar surface area (TPSA) is 21.3 Å². The fourth-order valence-electron chi connectivity index (χ4n) is 2.30. The van der Waals surface area contributed by atoms with E-state index in [2.05, 4.69) is 44.3 Å². The van der Waals surface area contributed by atoms with Crippen LogP contribution >= 0.6 is 0 Å². The van der Waals surface area contributed by atoms with Gasteiger partial charge in [0.1, 0.15) is 0 Å². The van der Waals surface area contributed by atoms with Gasteiger partial charge in [0.2, 0.25) is 0 Å². The normalized spacial score (nSPS) is 12.7. The van der Waals surface area contributed by atoms with Crippen molar-refractivity contribution in [3.8, 4) is 0 Å². The Morgan fingerprint density at radius 1 is 1.22 bits per heavy atom. The van der Waals surface area contributed by atoms with Crippen LogP contribution in [0.4, 0.5) is 0 Å². The molecule has 18 heavy (non-hydrogen) atoms. The molecule has 0 heterocycles. The van der Waals surface area contributed by atoms with Crippen LogP contribution in [-0.4, -0.2) is 26.8 Å². The van der Waals surface area contributed by atoms with Gasteiger partial charge in [-0.15, -0.1) is 0 Å². The Balaban J connectivity index is 2.52. The highest BCUT2D eigenvalue weighted by Crippen LogP contribution is 2.19. The van der Waals surface area contributed by atoms with Crippen LogP contribution in [0.1, 0.15) is 30.0 Å². The van der Waals surface area contributed by atoms with Gasteiger partial charge in [-0.2, -0.15) is 0 Å². The maximum absolute atomic E-state index is 5.05. The van der Waals surface area contributed by atoms with Crippen molar-refractivity contribution in [1.82, 2.24) is 5.32 Å². The van der Waals surface area contributed by atoms with E-state index in [4.69, 9.17) is 4.74 Å². The van der Waals surface area contributed by atoms with Gasteiger partial charge >= 0.3 is 0 Å². The summed E-state index contributed by atoms with van der Waals surface area (Å²) in [6.45, 7) is 9.52. The number of methoxy groups -OCH3 is 1. The number of aryl methyl sites for hydroxylation is 2. The van der Waals surface area contributed by atoms with Crippen molar-refractivity contribution >= 4 is 0 Å². The maximum Gasteiger partial charge on any atom is 0.0587 e. The summed E-state index contributed by atoms with van der Waals surface area (Å²) in [6, 6.07) is 6.58. The molecule has 0 saturated carbocycles. The van der Waals surface area contributed by atoms with Crippen LogP contribution in [0.25, 0.3) is 0 Å². The summed E-state index contributed by atoms with van der Waals surface area (Å²) in [5.74, 6) is 0.710. The van der Waals surface area contributed by atoms with E-state index in [0.717, 1.165) is 19.7 Å². The Labute approximate surface area is 112 Å². The predicted octanol–water partition coefficient (Wildman–Crippen LogP) is 3.11. The lowest BCUT2D eigenvalue weighted by molar-refractivity contribution is 0.197. The molecule has 0 fully saturated rings. The van der Waals surface area contributed by atoms with Gasteiger partial charge in [0.15, 0.2) is 0 Å². The molecule has 1 unspecified atom stereocenters. The Morgan fingerprint density at radius 3 is 2.44 bits per heavy atom. The van der Waals surface area contributed by atoms with E-state index in [9.17, 15) is 0 Å². The summed E-state index contributed by atoms with van der Waals surface area (Å²) in [7, 11) is 1.75. The third kappa shape index (κ3) is 4.79. The molecule has 1 rings (SSSR count). The predicted molar refractivity (Wildman–Crippen MR) is 78.1 cm³/mol. The number of hydrogen-bond acceptors (Lipinski definition) is 2. The molecule has 2 heteroatoms. The van der Waals surface area contributed by atoms with Crippen molar-refractivity contribution in [2.75, 3.05) is 26.8 Å². The first-order chi connectivity index (χ1) is 8.69. The molecule has 0 bridgehead atoms. The largest absolute Gasteiger partial charge is 0.383 e. The van der Waals surface area contributed by atoms with E-state index < -0.39 is 0 Å². The number of benzene rings is 1. The summed E-state index contributed by atoms with van der Waals surface area (Å²) in [6.07, 6.45) is 2.39. The zero-order valence-electron chi connectivity index (χ0n) is 12.3. The molecular formula is C16H27NO. The molecule has 102 valence electrons. The fraction of sp³-hybridized carbons (Fsp3) is 0.625. The summed E-state index contributed by atoms with van der Waals surface area (Å²) in [5.41, 5.74) is 4.37. The average Bonchev–Trinajstić information content (AvgIpc) is 2.36. The molecule has 0 aliphatic carbocycles. The molecule has 1 N–H and O–H groups in total. The van der Waals surface area contributed by atoms with Gasteiger partial charge in [0.25, 0.3) is 0 Å². The number of rotatable bonds is 8. The second kappa shape index (κ2) is 8.28. The van der Waals surface area contributed by atoms with E-state index >= 15 is 0 Å². The summed E-state index contributed by atoms with van der Waals surface area (Å²) in [5, 5.41) is 3.47. The SMILES string of the molecule is CCC(CNCCOC)Cc1c(C)cccc1C. The van der Waals surface area contributed by atoms with Crippen molar-refractivity contribution in [2.45, 2.75) is 33.6 Å². The first-order valence-electron chi connectivity index (χ1n) is 6.93. The van der Waals surface area contributed by atoms with E-state index in [1.54, 1.807) is 7.11 Å². The van der Waals surface area contributed by atoms with Crippen molar-refractivity contribution in [1.29, 1.82) is 0 Å². The van der Waals surface area contributed by atoms with Gasteiger partial charge in [-0.25, -0.2) is 0 Å². The number of nitrogens with one attached hydrogen (secondary N) is 1. The lowest BCUT2D eigenvalue weighted by atomic mass is 9.91. The highest BCUT2D eigenvalue weighted by Gasteiger charge is 2.10. The van der Waals surface area contributed by atoms with Gasteiger partial charge in [0.05, 0.1) is 6.61 Å². The lowest BCUT2D eigenvalue weighted by Crippen LogP contribution is -2.27. The third-order valence-electron chi connectivity index (χ3n) is 3.63. The number of ether oxygens (including phenoxy) is 1. The van der Waals surface area contributed by atoms with Crippen molar-refractivity contribution in [2.24, 2.45) is 5.92 Å². The molecule has 0 aromatic heterocycles. The molecule has 0 spiro atoms. The number of hydrogen-bond donors (Lipinski definition) is 1. The third-order valence-corrected chi connectivity index (χ3v) is 3.63. The fourth-order valence-corrected chi connectivity index (χ4v) is 2.30. The summed E-state index contributed by atoms with van der Waals surface area (Å²) < 4.78 is 5.05. The van der Waals surface area contributed by atoms with Gasteiger partial charge in [0, 0.05) is 13.7 Å². The minimum Gasteiger partial charge on any atom is -0.383 e. The Hall–Kier alpha value is -0.860. The van der Waals surface area contributed by atoms with Crippen molar-refractivity contribution < 1.29 is 4.74 Å². The molecule has 1 aromatic rings. The van der Waals surface area contributed by atoms with Crippen LogP contribution in [0.2, 0.25) is 0 Å². The molecule has 0 saturated heterocycles. The molecule has 0 amide bonds. The summed E-state index contributed by atoms with van der Waals surface area (Å²) >= 11 is 0. The zero-order chi connectivity index (χ0) is 13.4. The highest BCUT2D eigenvalue weighted by atomic mass is 16.5. The summed E-state index contributed by atoms with van der Waals surface area (Å²) in [4.78, 5) is 0. The van der Waals surface area contributed by atoms with Crippen LogP contribution in [0.3, 0.4) is 0 Å². The van der Waals surface area contributed by atoms with Crippen LogP contribution in [0.15, 0.2) is 18.2 Å². The maximum atomic E-state index is 5.05. The van der Waals surface area contributed by atoms with Crippen molar-refractivity contribution in [3.63, 3.8) is 0 Å². The quantitative estimate of drug-likeness (QED) is 0.715.